The number of anilines is 1. The molecule has 0 saturated carbocycles. The van der Waals surface area contributed by atoms with Gasteiger partial charge in [0, 0.05) is 31.6 Å². The highest BCUT2D eigenvalue weighted by Crippen LogP contribution is 2.32. The summed E-state index contributed by atoms with van der Waals surface area (Å²) in [5, 5.41) is 3.07. The van der Waals surface area contributed by atoms with Crippen LogP contribution in [0.1, 0.15) is 39.2 Å². The van der Waals surface area contributed by atoms with Crippen molar-refractivity contribution >= 4 is 11.7 Å². The quantitative estimate of drug-likeness (QED) is 0.864. The van der Waals surface area contributed by atoms with Gasteiger partial charge in [-0.25, -0.2) is 4.79 Å². The normalized spacial score (nSPS) is 20.7. The van der Waals surface area contributed by atoms with E-state index in [1.807, 2.05) is 23.1 Å². The van der Waals surface area contributed by atoms with E-state index in [2.05, 4.69) is 32.2 Å². The van der Waals surface area contributed by atoms with E-state index >= 15 is 0 Å². The van der Waals surface area contributed by atoms with Crippen molar-refractivity contribution in [1.82, 2.24) is 4.90 Å². The number of likely N-dealkylation sites (tertiary alicyclic amines) is 1. The lowest BCUT2D eigenvalue weighted by molar-refractivity contribution is -0.181. The Kier molecular flexibility index (Phi) is 4.34. The summed E-state index contributed by atoms with van der Waals surface area (Å²) in [6.07, 6.45) is 1.47. The zero-order chi connectivity index (χ0) is 16.5. The van der Waals surface area contributed by atoms with E-state index < -0.39 is 5.79 Å². The highest BCUT2D eigenvalue weighted by Gasteiger charge is 2.40. The van der Waals surface area contributed by atoms with Crippen molar-refractivity contribution in [2.45, 2.75) is 44.8 Å². The van der Waals surface area contributed by atoms with Crippen LogP contribution in [0.4, 0.5) is 10.5 Å². The molecule has 126 valence electrons. The molecule has 0 radical (unpaired) electrons. The van der Waals surface area contributed by atoms with Crippen molar-refractivity contribution < 1.29 is 14.3 Å². The number of piperidine rings is 1. The Labute approximate surface area is 137 Å². The van der Waals surface area contributed by atoms with Gasteiger partial charge in [0.05, 0.1) is 13.2 Å². The van der Waals surface area contributed by atoms with Gasteiger partial charge in [-0.1, -0.05) is 39.0 Å². The maximum atomic E-state index is 12.6. The van der Waals surface area contributed by atoms with Gasteiger partial charge in [-0.05, 0) is 17.0 Å². The summed E-state index contributed by atoms with van der Waals surface area (Å²) in [7, 11) is 0. The van der Waals surface area contributed by atoms with Crippen LogP contribution in [0.2, 0.25) is 0 Å². The number of carbonyl (C=O) groups excluding carboxylic acids is 1. The molecule has 0 aromatic heterocycles. The number of nitrogens with one attached hydrogen (secondary N) is 1. The van der Waals surface area contributed by atoms with Gasteiger partial charge >= 0.3 is 6.03 Å². The second-order valence-corrected chi connectivity index (χ2v) is 7.32. The zero-order valence-electron chi connectivity index (χ0n) is 14.2. The molecule has 1 N–H and O–H groups in total. The predicted molar refractivity (Wildman–Crippen MR) is 89.6 cm³/mol. The van der Waals surface area contributed by atoms with Crippen molar-refractivity contribution in [1.29, 1.82) is 0 Å². The molecule has 2 heterocycles. The molecule has 23 heavy (non-hydrogen) atoms. The van der Waals surface area contributed by atoms with Crippen LogP contribution in [0.25, 0.3) is 0 Å². The van der Waals surface area contributed by atoms with E-state index in [4.69, 9.17) is 9.47 Å². The molecule has 5 nitrogen and oxygen atoms in total. The van der Waals surface area contributed by atoms with Crippen molar-refractivity contribution in [3.8, 4) is 0 Å². The second kappa shape index (κ2) is 6.13. The van der Waals surface area contributed by atoms with Crippen LogP contribution < -0.4 is 5.32 Å². The first kappa shape index (κ1) is 16.3. The molecule has 2 fully saturated rings. The van der Waals surface area contributed by atoms with Gasteiger partial charge in [0.1, 0.15) is 0 Å². The monoisotopic (exact) mass is 318 g/mol. The lowest BCUT2D eigenvalue weighted by atomic mass is 9.86. The number of ether oxygens (including phenoxy) is 2. The average molecular weight is 318 g/mol. The minimum Gasteiger partial charge on any atom is -0.347 e. The number of benzene rings is 1. The Morgan fingerprint density at radius 1 is 1.13 bits per heavy atom. The third kappa shape index (κ3) is 3.51. The second-order valence-electron chi connectivity index (χ2n) is 7.32. The zero-order valence-corrected chi connectivity index (χ0v) is 14.2. The molecule has 0 atom stereocenters. The molecule has 5 heteroatoms. The van der Waals surface area contributed by atoms with Crippen molar-refractivity contribution in [3.05, 3.63) is 29.8 Å². The topological polar surface area (TPSA) is 50.8 Å². The van der Waals surface area contributed by atoms with E-state index in [1.165, 1.54) is 0 Å². The van der Waals surface area contributed by atoms with E-state index in [1.54, 1.807) is 0 Å². The number of para-hydroxylation sites is 1. The first-order valence-corrected chi connectivity index (χ1v) is 8.33. The fraction of sp³-hybridized carbons (Fsp3) is 0.611. The Morgan fingerprint density at radius 2 is 1.74 bits per heavy atom. The first-order chi connectivity index (χ1) is 10.9. The van der Waals surface area contributed by atoms with Crippen molar-refractivity contribution in [2.24, 2.45) is 0 Å². The third-order valence-electron chi connectivity index (χ3n) is 4.60. The number of carbonyl (C=O) groups is 1. The van der Waals surface area contributed by atoms with Gasteiger partial charge in [0.15, 0.2) is 5.79 Å². The van der Waals surface area contributed by atoms with Crippen molar-refractivity contribution in [2.75, 3.05) is 31.6 Å². The average Bonchev–Trinajstić information content (AvgIpc) is 2.95. The van der Waals surface area contributed by atoms with Crippen molar-refractivity contribution in [3.63, 3.8) is 0 Å². The summed E-state index contributed by atoms with van der Waals surface area (Å²) >= 11 is 0. The number of hydrogen-bond donors (Lipinski definition) is 1. The Morgan fingerprint density at radius 3 is 2.35 bits per heavy atom. The Bertz CT molecular complexity index is 564. The molecule has 1 spiro atoms. The van der Waals surface area contributed by atoms with E-state index in [0.717, 1.165) is 24.1 Å². The molecule has 0 bridgehead atoms. The van der Waals surface area contributed by atoms with Gasteiger partial charge in [-0.15, -0.1) is 0 Å². The fourth-order valence-electron chi connectivity index (χ4n) is 3.28. The molecule has 2 saturated heterocycles. The number of rotatable bonds is 1. The molecule has 0 unspecified atom stereocenters. The van der Waals surface area contributed by atoms with Gasteiger partial charge in [-0.3, -0.25) is 0 Å². The van der Waals surface area contributed by atoms with Crippen LogP contribution in [-0.2, 0) is 14.9 Å². The van der Waals surface area contributed by atoms with Gasteiger partial charge in [0.25, 0.3) is 0 Å². The molecule has 2 amide bonds. The summed E-state index contributed by atoms with van der Waals surface area (Å²) in [6, 6.07) is 7.95. The highest BCUT2D eigenvalue weighted by molar-refractivity contribution is 5.90. The van der Waals surface area contributed by atoms with E-state index in [0.29, 0.717) is 26.3 Å². The summed E-state index contributed by atoms with van der Waals surface area (Å²) in [4.78, 5) is 14.4. The molecule has 2 aliphatic rings. The smallest absolute Gasteiger partial charge is 0.321 e. The SMILES string of the molecule is CC(C)(C)c1ccccc1NC(=O)N1CCC2(CC1)OCCO2. The first-order valence-electron chi connectivity index (χ1n) is 8.33. The lowest BCUT2D eigenvalue weighted by Gasteiger charge is -2.37. The standard InChI is InChI=1S/C18H26N2O3/c1-17(2,3)14-6-4-5-7-15(14)19-16(21)20-10-8-18(9-11-20)22-12-13-23-18/h4-7H,8-13H2,1-3H3,(H,19,21). The molecule has 1 aromatic carbocycles. The summed E-state index contributed by atoms with van der Waals surface area (Å²) in [5.74, 6) is -0.444. The van der Waals surface area contributed by atoms with Gasteiger partial charge in [-0.2, -0.15) is 0 Å². The highest BCUT2D eigenvalue weighted by atomic mass is 16.7. The predicted octanol–water partition coefficient (Wildman–Crippen LogP) is 3.35. The minimum atomic E-state index is -0.444. The number of urea groups is 1. The minimum absolute atomic E-state index is 0.0125. The molecular formula is C18H26N2O3. The molecule has 0 aliphatic carbocycles. The van der Waals surface area contributed by atoms with Crippen LogP contribution in [-0.4, -0.2) is 43.0 Å². The van der Waals surface area contributed by atoms with Crippen LogP contribution >= 0.6 is 0 Å². The van der Waals surface area contributed by atoms with Crippen LogP contribution in [0, 0.1) is 0 Å². The summed E-state index contributed by atoms with van der Waals surface area (Å²) < 4.78 is 11.4. The van der Waals surface area contributed by atoms with Crippen LogP contribution in [0.5, 0.6) is 0 Å². The van der Waals surface area contributed by atoms with E-state index in [9.17, 15) is 4.79 Å². The molecular weight excluding hydrogens is 292 g/mol. The van der Waals surface area contributed by atoms with Crippen LogP contribution in [0.3, 0.4) is 0 Å². The summed E-state index contributed by atoms with van der Waals surface area (Å²) in [6.45, 7) is 9.08. The third-order valence-corrected chi connectivity index (χ3v) is 4.60. The lowest BCUT2D eigenvalue weighted by Crippen LogP contribution is -2.48. The maximum absolute atomic E-state index is 12.6. The molecule has 3 rings (SSSR count). The molecule has 1 aromatic rings. The Balaban J connectivity index is 1.64. The number of amides is 2. The fourth-order valence-corrected chi connectivity index (χ4v) is 3.28. The van der Waals surface area contributed by atoms with Gasteiger partial charge in [0.2, 0.25) is 0 Å². The molecule has 2 aliphatic heterocycles. The largest absolute Gasteiger partial charge is 0.347 e. The Hall–Kier alpha value is -1.59. The maximum Gasteiger partial charge on any atom is 0.321 e. The van der Waals surface area contributed by atoms with E-state index in [-0.39, 0.29) is 11.4 Å². The number of hydrogen-bond acceptors (Lipinski definition) is 3. The summed E-state index contributed by atoms with van der Waals surface area (Å²) in [5.41, 5.74) is 2.02. The van der Waals surface area contributed by atoms with Crippen LogP contribution in [0.15, 0.2) is 24.3 Å². The van der Waals surface area contributed by atoms with Gasteiger partial charge < -0.3 is 19.7 Å². The number of nitrogens with zero attached hydrogens (tertiary/aromatic N) is 1.